The van der Waals surface area contributed by atoms with E-state index in [0.29, 0.717) is 16.7 Å². The number of halogens is 5. The number of nitrogens with two attached hydrogens (primary N) is 1. The lowest BCUT2D eigenvalue weighted by atomic mass is 10.1. The Morgan fingerprint density at radius 2 is 1.85 bits per heavy atom. The summed E-state index contributed by atoms with van der Waals surface area (Å²) in [6.45, 7) is -0.984. The van der Waals surface area contributed by atoms with E-state index in [4.69, 9.17) is 17.3 Å². The largest absolute Gasteiger partial charge is 0.390 e. The van der Waals surface area contributed by atoms with Crippen LogP contribution >= 0.6 is 11.6 Å². The highest BCUT2D eigenvalue weighted by molar-refractivity contribution is 7.91. The standard InChI is InChI=1S/C20H18ClF4N3O4S/c21-12-3-1-11(2-4-12)9-28-16-7-13(18(29)27-6-5-20(23,24)25)14(22)8-17(16)33(31,32)10-15(26)19(28)30/h1-4,7-8,15H,5-6,9-10,26H2,(H,27,29)/t15-/m0/s1. The number of nitrogens with one attached hydrogen (secondary N) is 1. The lowest BCUT2D eigenvalue weighted by molar-refractivity contribution is -0.133. The zero-order chi connectivity index (χ0) is 24.6. The van der Waals surface area contributed by atoms with Gasteiger partial charge < -0.3 is 16.0 Å². The number of fused-ring (bicyclic) bond motifs is 1. The van der Waals surface area contributed by atoms with E-state index in [1.807, 2.05) is 5.32 Å². The van der Waals surface area contributed by atoms with E-state index < -0.39 is 68.9 Å². The van der Waals surface area contributed by atoms with E-state index in [1.54, 1.807) is 24.3 Å². The number of nitrogens with zero attached hydrogens (tertiary/aromatic N) is 1. The fourth-order valence-electron chi connectivity index (χ4n) is 3.24. The molecule has 0 spiro atoms. The predicted molar refractivity (Wildman–Crippen MR) is 112 cm³/mol. The summed E-state index contributed by atoms with van der Waals surface area (Å²) >= 11 is 5.86. The maximum absolute atomic E-state index is 14.7. The number of alkyl halides is 3. The number of benzene rings is 2. The van der Waals surface area contributed by atoms with Gasteiger partial charge in [-0.2, -0.15) is 13.2 Å². The van der Waals surface area contributed by atoms with Crippen LogP contribution in [0.1, 0.15) is 22.3 Å². The smallest absolute Gasteiger partial charge is 0.352 e. The molecule has 1 aliphatic rings. The third-order valence-corrected chi connectivity index (χ3v) is 6.90. The summed E-state index contributed by atoms with van der Waals surface area (Å²) in [5.41, 5.74) is 5.29. The van der Waals surface area contributed by atoms with Crippen molar-refractivity contribution in [3.05, 3.63) is 58.4 Å². The van der Waals surface area contributed by atoms with Crippen LogP contribution < -0.4 is 16.0 Å². The molecule has 2 aromatic rings. The molecule has 178 valence electrons. The van der Waals surface area contributed by atoms with Gasteiger partial charge in [-0.25, -0.2) is 12.8 Å². The molecule has 33 heavy (non-hydrogen) atoms. The highest BCUT2D eigenvalue weighted by atomic mass is 35.5. The third kappa shape index (κ3) is 5.81. The molecule has 0 bridgehead atoms. The first-order valence-corrected chi connectivity index (χ1v) is 11.5. The second-order valence-corrected chi connectivity index (χ2v) is 9.80. The molecule has 0 aromatic heterocycles. The summed E-state index contributed by atoms with van der Waals surface area (Å²) in [7, 11) is -4.22. The molecule has 0 radical (unpaired) electrons. The molecule has 0 unspecified atom stereocenters. The van der Waals surface area contributed by atoms with Gasteiger partial charge in [0.15, 0.2) is 9.84 Å². The molecular formula is C20H18ClF4N3O4S. The summed E-state index contributed by atoms with van der Waals surface area (Å²) < 4.78 is 77.2. The molecule has 0 aliphatic carbocycles. The summed E-state index contributed by atoms with van der Waals surface area (Å²) in [5, 5.41) is 2.36. The van der Waals surface area contributed by atoms with Crippen LogP contribution in [-0.2, 0) is 21.2 Å². The summed E-state index contributed by atoms with van der Waals surface area (Å²) in [5.74, 6) is -4.03. The van der Waals surface area contributed by atoms with Crippen molar-refractivity contribution in [1.29, 1.82) is 0 Å². The topological polar surface area (TPSA) is 110 Å². The van der Waals surface area contributed by atoms with Crippen LogP contribution in [0.25, 0.3) is 0 Å². The van der Waals surface area contributed by atoms with Crippen LogP contribution in [0.3, 0.4) is 0 Å². The zero-order valence-electron chi connectivity index (χ0n) is 16.8. The van der Waals surface area contributed by atoms with Gasteiger partial charge in [0, 0.05) is 11.6 Å². The quantitative estimate of drug-likeness (QED) is 0.605. The number of carbonyl (C=O) groups is 2. The molecule has 2 amide bonds. The first-order valence-electron chi connectivity index (χ1n) is 9.51. The molecule has 0 fully saturated rings. The predicted octanol–water partition coefficient (Wildman–Crippen LogP) is 2.81. The Morgan fingerprint density at radius 1 is 1.21 bits per heavy atom. The lowest BCUT2D eigenvalue weighted by Crippen LogP contribution is -2.45. The highest BCUT2D eigenvalue weighted by Gasteiger charge is 2.37. The van der Waals surface area contributed by atoms with E-state index in [1.165, 1.54) is 0 Å². The first-order chi connectivity index (χ1) is 15.3. The van der Waals surface area contributed by atoms with Crippen LogP contribution in [0.2, 0.25) is 5.02 Å². The van der Waals surface area contributed by atoms with Gasteiger partial charge in [0.25, 0.3) is 5.91 Å². The minimum absolute atomic E-state index is 0.174. The third-order valence-electron chi connectivity index (χ3n) is 4.85. The van der Waals surface area contributed by atoms with E-state index in [2.05, 4.69) is 0 Å². The molecule has 0 saturated carbocycles. The molecule has 2 aromatic carbocycles. The van der Waals surface area contributed by atoms with Crippen molar-refractivity contribution < 1.29 is 35.6 Å². The lowest BCUT2D eigenvalue weighted by Gasteiger charge is -2.25. The van der Waals surface area contributed by atoms with Gasteiger partial charge in [0.05, 0.1) is 40.9 Å². The molecule has 3 N–H and O–H groups in total. The zero-order valence-corrected chi connectivity index (χ0v) is 18.4. The average molecular weight is 508 g/mol. The van der Waals surface area contributed by atoms with Crippen molar-refractivity contribution >= 4 is 38.9 Å². The second-order valence-electron chi connectivity index (χ2n) is 7.36. The van der Waals surface area contributed by atoms with Gasteiger partial charge in [0.1, 0.15) is 5.82 Å². The number of anilines is 1. The SMILES string of the molecule is N[C@H]1CS(=O)(=O)c2cc(F)c(C(=O)NCCC(F)(F)F)cc2N(Cc2ccc(Cl)cc2)C1=O. The fourth-order valence-corrected chi connectivity index (χ4v) is 4.93. The molecule has 1 heterocycles. The second kappa shape index (κ2) is 9.27. The summed E-state index contributed by atoms with van der Waals surface area (Å²) in [6.07, 6.45) is -5.87. The van der Waals surface area contributed by atoms with Crippen molar-refractivity contribution in [3.63, 3.8) is 0 Å². The fraction of sp³-hybridized carbons (Fsp3) is 0.300. The van der Waals surface area contributed by atoms with Gasteiger partial charge in [-0.15, -0.1) is 0 Å². The Kier molecular flexibility index (Phi) is 7.01. The number of rotatable bonds is 5. The van der Waals surface area contributed by atoms with Gasteiger partial charge in [-0.05, 0) is 29.8 Å². The molecule has 13 heteroatoms. The Bertz CT molecular complexity index is 1190. The van der Waals surface area contributed by atoms with Crippen molar-refractivity contribution in [3.8, 4) is 0 Å². The molecule has 3 rings (SSSR count). The van der Waals surface area contributed by atoms with E-state index in [0.717, 1.165) is 11.0 Å². The number of amides is 2. The Balaban J connectivity index is 2.05. The Hall–Kier alpha value is -2.70. The van der Waals surface area contributed by atoms with E-state index >= 15 is 0 Å². The van der Waals surface area contributed by atoms with E-state index in [9.17, 15) is 35.6 Å². The normalized spacial score (nSPS) is 17.9. The minimum atomic E-state index is -4.54. The van der Waals surface area contributed by atoms with Crippen LogP contribution in [0.4, 0.5) is 23.2 Å². The number of hydrogen-bond donors (Lipinski definition) is 2. The van der Waals surface area contributed by atoms with Crippen molar-refractivity contribution in [2.75, 3.05) is 17.2 Å². The molecule has 1 aliphatic heterocycles. The van der Waals surface area contributed by atoms with Crippen LogP contribution in [-0.4, -0.2) is 44.7 Å². The molecule has 0 saturated heterocycles. The van der Waals surface area contributed by atoms with Crippen LogP contribution in [0, 0.1) is 5.82 Å². The maximum Gasteiger partial charge on any atom is 0.390 e. The van der Waals surface area contributed by atoms with Crippen LogP contribution in [0.5, 0.6) is 0 Å². The van der Waals surface area contributed by atoms with Crippen molar-refractivity contribution in [2.24, 2.45) is 5.73 Å². The van der Waals surface area contributed by atoms with Crippen LogP contribution in [0.15, 0.2) is 41.3 Å². The molecule has 7 nitrogen and oxygen atoms in total. The summed E-state index contributed by atoms with van der Waals surface area (Å²) in [4.78, 5) is 25.7. The molecular weight excluding hydrogens is 490 g/mol. The number of hydrogen-bond acceptors (Lipinski definition) is 5. The van der Waals surface area contributed by atoms with Gasteiger partial charge in [-0.3, -0.25) is 9.59 Å². The molecule has 1 atom stereocenters. The van der Waals surface area contributed by atoms with Crippen molar-refractivity contribution in [2.45, 2.75) is 30.1 Å². The van der Waals surface area contributed by atoms with Gasteiger partial charge in [0.2, 0.25) is 5.91 Å². The van der Waals surface area contributed by atoms with E-state index in [-0.39, 0.29) is 12.2 Å². The maximum atomic E-state index is 14.7. The highest BCUT2D eigenvalue weighted by Crippen LogP contribution is 2.34. The average Bonchev–Trinajstić information content (AvgIpc) is 2.77. The van der Waals surface area contributed by atoms with Crippen molar-refractivity contribution in [1.82, 2.24) is 5.32 Å². The summed E-state index contributed by atoms with van der Waals surface area (Å²) in [6, 6.07) is 6.19. The monoisotopic (exact) mass is 507 g/mol. The van der Waals surface area contributed by atoms with Gasteiger partial charge in [-0.1, -0.05) is 23.7 Å². The van der Waals surface area contributed by atoms with Gasteiger partial charge >= 0.3 is 6.18 Å². The Morgan fingerprint density at radius 3 is 2.45 bits per heavy atom. The Labute approximate surface area is 191 Å². The number of sulfone groups is 1. The number of carbonyl (C=O) groups excluding carboxylic acids is 2. The minimum Gasteiger partial charge on any atom is -0.352 e. The first kappa shape index (κ1) is 24.9.